The summed E-state index contributed by atoms with van der Waals surface area (Å²) in [4.78, 5) is 2.26. The van der Waals surface area contributed by atoms with Crippen LogP contribution in [0.15, 0.2) is 10.5 Å². The lowest BCUT2D eigenvalue weighted by atomic mass is 9.99. The molecule has 1 aliphatic rings. The van der Waals surface area contributed by atoms with Crippen molar-refractivity contribution in [3.63, 3.8) is 0 Å². The van der Waals surface area contributed by atoms with Gasteiger partial charge >= 0.3 is 0 Å². The van der Waals surface area contributed by atoms with Crippen LogP contribution in [0.2, 0.25) is 0 Å². The minimum Gasteiger partial charge on any atom is -0.323 e. The van der Waals surface area contributed by atoms with Crippen molar-refractivity contribution in [1.29, 1.82) is 0 Å². The monoisotopic (exact) mass is 323 g/mol. The lowest BCUT2D eigenvalue weighted by Gasteiger charge is -2.16. The van der Waals surface area contributed by atoms with Crippen molar-refractivity contribution in [2.24, 2.45) is 11.7 Å². The van der Waals surface area contributed by atoms with Gasteiger partial charge in [0.2, 0.25) is 0 Å². The van der Waals surface area contributed by atoms with E-state index in [9.17, 15) is 8.42 Å². The number of rotatable bonds is 2. The number of nitrogens with two attached hydrogens (primary N) is 1. The Bertz CT molecular complexity index is 495. The van der Waals surface area contributed by atoms with Gasteiger partial charge in [0, 0.05) is 20.3 Å². The zero-order chi connectivity index (χ0) is 11.9. The fraction of sp³-hybridized carbons (Fsp3) is 0.600. The quantitative estimate of drug-likeness (QED) is 0.908. The van der Waals surface area contributed by atoms with Crippen LogP contribution >= 0.6 is 27.3 Å². The molecule has 0 radical (unpaired) electrons. The van der Waals surface area contributed by atoms with E-state index < -0.39 is 9.84 Å². The van der Waals surface area contributed by atoms with Gasteiger partial charge in [0.1, 0.15) is 0 Å². The van der Waals surface area contributed by atoms with E-state index in [4.69, 9.17) is 5.73 Å². The molecule has 0 bridgehead atoms. The van der Waals surface area contributed by atoms with Crippen LogP contribution in [-0.2, 0) is 9.84 Å². The second-order valence-corrected chi connectivity index (χ2v) is 8.63. The Labute approximate surface area is 108 Å². The van der Waals surface area contributed by atoms with Crippen LogP contribution in [0, 0.1) is 12.8 Å². The standard InChI is InChI=1S/C10H14BrNO2S2/c1-6-4-8(11)10(15-6)9(12)7-2-3-16(13,14)5-7/h4,7,9H,2-3,5,12H2,1H3. The third-order valence-electron chi connectivity index (χ3n) is 2.91. The van der Waals surface area contributed by atoms with Gasteiger partial charge in [0.15, 0.2) is 9.84 Å². The molecule has 0 aliphatic carbocycles. The summed E-state index contributed by atoms with van der Waals surface area (Å²) >= 11 is 5.12. The number of hydrogen-bond donors (Lipinski definition) is 1. The van der Waals surface area contributed by atoms with Crippen molar-refractivity contribution in [3.05, 3.63) is 20.3 Å². The zero-order valence-electron chi connectivity index (χ0n) is 8.94. The average Bonchev–Trinajstić information content (AvgIpc) is 2.68. The molecule has 0 aromatic carbocycles. The maximum absolute atomic E-state index is 11.4. The molecule has 2 heterocycles. The van der Waals surface area contributed by atoms with Gasteiger partial charge in [-0.3, -0.25) is 0 Å². The fourth-order valence-electron chi connectivity index (χ4n) is 2.05. The van der Waals surface area contributed by atoms with E-state index in [1.54, 1.807) is 11.3 Å². The van der Waals surface area contributed by atoms with Crippen LogP contribution in [0.1, 0.15) is 22.2 Å². The molecule has 0 amide bonds. The minimum atomic E-state index is -2.85. The highest BCUT2D eigenvalue weighted by molar-refractivity contribution is 9.10. The van der Waals surface area contributed by atoms with Crippen LogP contribution in [0.4, 0.5) is 0 Å². The van der Waals surface area contributed by atoms with Gasteiger partial charge in [0.05, 0.1) is 11.5 Å². The Hall–Kier alpha value is 0.0900. The fourth-order valence-corrected chi connectivity index (χ4v) is 5.92. The van der Waals surface area contributed by atoms with Crippen LogP contribution in [0.25, 0.3) is 0 Å². The van der Waals surface area contributed by atoms with Crippen LogP contribution in [0.5, 0.6) is 0 Å². The number of thiophene rings is 1. The number of aryl methyl sites for hydroxylation is 1. The third-order valence-corrected chi connectivity index (χ3v) is 6.78. The Balaban J connectivity index is 2.20. The predicted octanol–water partition coefficient (Wildman–Crippen LogP) is 2.25. The Morgan fingerprint density at radius 2 is 2.31 bits per heavy atom. The summed E-state index contributed by atoms with van der Waals surface area (Å²) in [6.45, 7) is 2.02. The van der Waals surface area contributed by atoms with E-state index in [0.717, 1.165) is 9.35 Å². The molecule has 1 aliphatic heterocycles. The zero-order valence-corrected chi connectivity index (χ0v) is 12.2. The summed E-state index contributed by atoms with van der Waals surface area (Å²) in [7, 11) is -2.85. The van der Waals surface area contributed by atoms with E-state index in [1.807, 2.05) is 13.0 Å². The molecule has 90 valence electrons. The Kier molecular flexibility index (Phi) is 3.45. The van der Waals surface area contributed by atoms with Crippen molar-refractivity contribution in [2.75, 3.05) is 11.5 Å². The molecule has 2 atom stereocenters. The lowest BCUT2D eigenvalue weighted by molar-refractivity contribution is 0.485. The van der Waals surface area contributed by atoms with Gasteiger partial charge < -0.3 is 5.73 Å². The lowest BCUT2D eigenvalue weighted by Crippen LogP contribution is -2.21. The summed E-state index contributed by atoms with van der Waals surface area (Å²) < 4.78 is 23.8. The van der Waals surface area contributed by atoms with E-state index >= 15 is 0 Å². The smallest absolute Gasteiger partial charge is 0.150 e. The second-order valence-electron chi connectivity index (χ2n) is 4.26. The first-order chi connectivity index (χ1) is 7.39. The first-order valence-electron chi connectivity index (χ1n) is 5.11. The summed E-state index contributed by atoms with van der Waals surface area (Å²) in [5, 5.41) is 0. The van der Waals surface area contributed by atoms with Crippen LogP contribution < -0.4 is 5.73 Å². The molecule has 6 heteroatoms. The highest BCUT2D eigenvalue weighted by atomic mass is 79.9. The van der Waals surface area contributed by atoms with Gasteiger partial charge in [0.25, 0.3) is 0 Å². The normalized spacial score (nSPS) is 25.8. The van der Waals surface area contributed by atoms with E-state index in [2.05, 4.69) is 15.9 Å². The first kappa shape index (κ1) is 12.5. The van der Waals surface area contributed by atoms with Crippen molar-refractivity contribution < 1.29 is 8.42 Å². The van der Waals surface area contributed by atoms with Crippen LogP contribution in [-0.4, -0.2) is 19.9 Å². The molecule has 0 saturated carbocycles. The summed E-state index contributed by atoms with van der Waals surface area (Å²) in [6.07, 6.45) is 0.687. The third kappa shape index (κ3) is 2.50. The number of halogens is 1. The van der Waals surface area contributed by atoms with E-state index in [1.165, 1.54) is 4.88 Å². The summed E-state index contributed by atoms with van der Waals surface area (Å²) in [5.41, 5.74) is 6.15. The minimum absolute atomic E-state index is 0.0688. The predicted molar refractivity (Wildman–Crippen MR) is 70.4 cm³/mol. The molecule has 1 aromatic rings. The maximum Gasteiger partial charge on any atom is 0.150 e. The molecule has 2 N–H and O–H groups in total. The summed E-state index contributed by atoms with van der Waals surface area (Å²) in [5.74, 6) is 0.588. The number of hydrogen-bond acceptors (Lipinski definition) is 4. The Morgan fingerprint density at radius 3 is 2.75 bits per heavy atom. The van der Waals surface area contributed by atoms with Crippen LogP contribution in [0.3, 0.4) is 0 Å². The Morgan fingerprint density at radius 1 is 1.62 bits per heavy atom. The van der Waals surface area contributed by atoms with Crippen molar-refractivity contribution in [3.8, 4) is 0 Å². The molecule has 2 unspecified atom stereocenters. The average molecular weight is 324 g/mol. The molecule has 16 heavy (non-hydrogen) atoms. The van der Waals surface area contributed by atoms with Crippen molar-refractivity contribution in [1.82, 2.24) is 0 Å². The highest BCUT2D eigenvalue weighted by Crippen LogP contribution is 2.37. The number of sulfone groups is 1. The highest BCUT2D eigenvalue weighted by Gasteiger charge is 2.33. The topological polar surface area (TPSA) is 60.2 Å². The summed E-state index contributed by atoms with van der Waals surface area (Å²) in [6, 6.07) is 1.87. The van der Waals surface area contributed by atoms with Gasteiger partial charge in [-0.15, -0.1) is 11.3 Å². The van der Waals surface area contributed by atoms with E-state index in [-0.39, 0.29) is 23.5 Å². The maximum atomic E-state index is 11.4. The first-order valence-corrected chi connectivity index (χ1v) is 8.54. The molecular weight excluding hydrogens is 310 g/mol. The second kappa shape index (κ2) is 4.40. The molecule has 1 aromatic heterocycles. The van der Waals surface area contributed by atoms with E-state index in [0.29, 0.717) is 6.42 Å². The molecule has 1 saturated heterocycles. The van der Waals surface area contributed by atoms with Gasteiger partial charge in [-0.25, -0.2) is 8.42 Å². The molecule has 1 fully saturated rings. The van der Waals surface area contributed by atoms with Gasteiger partial charge in [-0.2, -0.15) is 0 Å². The van der Waals surface area contributed by atoms with Crippen molar-refractivity contribution in [2.45, 2.75) is 19.4 Å². The van der Waals surface area contributed by atoms with Gasteiger partial charge in [-0.1, -0.05) is 0 Å². The molecule has 0 spiro atoms. The van der Waals surface area contributed by atoms with Gasteiger partial charge in [-0.05, 0) is 41.3 Å². The molecule has 2 rings (SSSR count). The SMILES string of the molecule is Cc1cc(Br)c(C(N)C2CCS(=O)(=O)C2)s1. The largest absolute Gasteiger partial charge is 0.323 e. The molecule has 3 nitrogen and oxygen atoms in total. The van der Waals surface area contributed by atoms with Crippen molar-refractivity contribution >= 4 is 37.1 Å². The molecular formula is C10H14BrNO2S2.